The SMILES string of the molecule is Clc1cccc2c1Oc1ccccc1O2. The normalized spacial score (nSPS) is 12.1. The van der Waals surface area contributed by atoms with Crippen LogP contribution in [0.15, 0.2) is 42.5 Å². The van der Waals surface area contributed by atoms with E-state index in [4.69, 9.17) is 21.1 Å². The number of ether oxygens (including phenoxy) is 2. The zero-order valence-corrected chi connectivity index (χ0v) is 8.49. The zero-order valence-electron chi connectivity index (χ0n) is 7.74. The molecule has 0 fully saturated rings. The van der Waals surface area contributed by atoms with E-state index in [1.807, 2.05) is 36.4 Å². The lowest BCUT2D eigenvalue weighted by atomic mass is 10.2. The molecular weight excluding hydrogens is 212 g/mol. The first-order chi connectivity index (χ1) is 7.34. The Hall–Kier alpha value is -1.67. The topological polar surface area (TPSA) is 18.5 Å². The minimum absolute atomic E-state index is 0.557. The Morgan fingerprint density at radius 3 is 2.20 bits per heavy atom. The molecule has 3 heteroatoms. The van der Waals surface area contributed by atoms with Gasteiger partial charge in [0.25, 0.3) is 0 Å². The second-order valence-corrected chi connectivity index (χ2v) is 3.63. The molecule has 0 aliphatic carbocycles. The molecule has 0 aromatic heterocycles. The van der Waals surface area contributed by atoms with E-state index in [1.165, 1.54) is 0 Å². The minimum Gasteiger partial charge on any atom is -0.449 e. The van der Waals surface area contributed by atoms with E-state index in [0.717, 1.165) is 0 Å². The van der Waals surface area contributed by atoms with Crippen LogP contribution in [0.2, 0.25) is 5.02 Å². The summed E-state index contributed by atoms with van der Waals surface area (Å²) in [4.78, 5) is 0. The van der Waals surface area contributed by atoms with Crippen LogP contribution in [0.4, 0.5) is 0 Å². The maximum atomic E-state index is 6.00. The van der Waals surface area contributed by atoms with E-state index in [1.54, 1.807) is 6.07 Å². The third-order valence-electron chi connectivity index (χ3n) is 2.21. The van der Waals surface area contributed by atoms with Crippen molar-refractivity contribution >= 4 is 11.6 Å². The molecule has 0 saturated carbocycles. The summed E-state index contributed by atoms with van der Waals surface area (Å²) in [6.07, 6.45) is 0. The molecule has 3 rings (SSSR count). The van der Waals surface area contributed by atoms with E-state index in [9.17, 15) is 0 Å². The summed E-state index contributed by atoms with van der Waals surface area (Å²) in [5, 5.41) is 0.557. The number of hydrogen-bond acceptors (Lipinski definition) is 2. The molecule has 2 aromatic rings. The highest BCUT2D eigenvalue weighted by molar-refractivity contribution is 6.32. The van der Waals surface area contributed by atoms with Crippen LogP contribution in [0, 0.1) is 0 Å². The molecule has 0 saturated heterocycles. The Balaban J connectivity index is 2.15. The maximum Gasteiger partial charge on any atom is 0.188 e. The van der Waals surface area contributed by atoms with Gasteiger partial charge in [0.2, 0.25) is 0 Å². The third-order valence-corrected chi connectivity index (χ3v) is 2.51. The average Bonchev–Trinajstić information content (AvgIpc) is 2.27. The Morgan fingerprint density at radius 1 is 0.733 bits per heavy atom. The Kier molecular flexibility index (Phi) is 1.82. The highest BCUT2D eigenvalue weighted by Gasteiger charge is 2.19. The first kappa shape index (κ1) is 8.62. The molecular formula is C12H7ClO2. The number of para-hydroxylation sites is 3. The van der Waals surface area contributed by atoms with E-state index in [2.05, 4.69) is 0 Å². The molecule has 0 spiro atoms. The lowest BCUT2D eigenvalue weighted by Crippen LogP contribution is -1.98. The number of benzene rings is 2. The van der Waals surface area contributed by atoms with Gasteiger partial charge in [-0.25, -0.2) is 0 Å². The molecule has 0 unspecified atom stereocenters. The van der Waals surface area contributed by atoms with Crippen LogP contribution in [-0.2, 0) is 0 Å². The van der Waals surface area contributed by atoms with E-state index < -0.39 is 0 Å². The van der Waals surface area contributed by atoms with Crippen molar-refractivity contribution in [2.24, 2.45) is 0 Å². The van der Waals surface area contributed by atoms with Gasteiger partial charge in [-0.15, -0.1) is 0 Å². The molecule has 2 nitrogen and oxygen atoms in total. The summed E-state index contributed by atoms with van der Waals surface area (Å²) in [6, 6.07) is 12.9. The van der Waals surface area contributed by atoms with Crippen LogP contribution in [-0.4, -0.2) is 0 Å². The highest BCUT2D eigenvalue weighted by atomic mass is 35.5. The second kappa shape index (κ2) is 3.17. The minimum atomic E-state index is 0.557. The number of hydrogen-bond donors (Lipinski definition) is 0. The number of fused-ring (bicyclic) bond motifs is 2. The summed E-state index contributed by atoms with van der Waals surface area (Å²) in [5.41, 5.74) is 0. The molecule has 2 aromatic carbocycles. The fraction of sp³-hybridized carbons (Fsp3) is 0. The summed E-state index contributed by atoms with van der Waals surface area (Å²) >= 11 is 6.00. The van der Waals surface area contributed by atoms with Gasteiger partial charge >= 0.3 is 0 Å². The fourth-order valence-corrected chi connectivity index (χ4v) is 1.72. The van der Waals surface area contributed by atoms with Crippen molar-refractivity contribution in [3.63, 3.8) is 0 Å². The Labute approximate surface area is 92.0 Å². The van der Waals surface area contributed by atoms with Gasteiger partial charge in [-0.2, -0.15) is 0 Å². The summed E-state index contributed by atoms with van der Waals surface area (Å²) in [6.45, 7) is 0. The van der Waals surface area contributed by atoms with Crippen molar-refractivity contribution in [1.82, 2.24) is 0 Å². The first-order valence-corrected chi connectivity index (χ1v) is 4.95. The molecule has 0 radical (unpaired) electrons. The molecule has 1 aliphatic heterocycles. The number of halogens is 1. The molecule has 15 heavy (non-hydrogen) atoms. The van der Waals surface area contributed by atoms with Gasteiger partial charge < -0.3 is 9.47 Å². The van der Waals surface area contributed by atoms with Crippen molar-refractivity contribution in [2.45, 2.75) is 0 Å². The lowest BCUT2D eigenvalue weighted by molar-refractivity contribution is 0.360. The maximum absolute atomic E-state index is 6.00. The van der Waals surface area contributed by atoms with Gasteiger partial charge in [0.1, 0.15) is 0 Å². The van der Waals surface area contributed by atoms with Crippen LogP contribution >= 0.6 is 11.6 Å². The quantitative estimate of drug-likeness (QED) is 0.562. The van der Waals surface area contributed by atoms with Crippen LogP contribution in [0.3, 0.4) is 0 Å². The van der Waals surface area contributed by atoms with Crippen molar-refractivity contribution in [3.05, 3.63) is 47.5 Å². The molecule has 74 valence electrons. The standard InChI is InChI=1S/C12H7ClO2/c13-8-4-3-7-11-12(8)15-10-6-2-1-5-9(10)14-11/h1-7H. The number of rotatable bonds is 0. The van der Waals surface area contributed by atoms with Crippen molar-refractivity contribution in [3.8, 4) is 23.0 Å². The molecule has 0 atom stereocenters. The first-order valence-electron chi connectivity index (χ1n) is 4.58. The summed E-state index contributed by atoms with van der Waals surface area (Å²) in [5.74, 6) is 2.64. The van der Waals surface area contributed by atoms with Crippen LogP contribution < -0.4 is 9.47 Å². The van der Waals surface area contributed by atoms with Crippen LogP contribution in [0.25, 0.3) is 0 Å². The van der Waals surface area contributed by atoms with Gasteiger partial charge in [-0.1, -0.05) is 29.8 Å². The van der Waals surface area contributed by atoms with Gasteiger partial charge in [0, 0.05) is 0 Å². The lowest BCUT2D eigenvalue weighted by Gasteiger charge is -2.20. The molecule has 0 bridgehead atoms. The third kappa shape index (κ3) is 1.34. The predicted molar refractivity (Wildman–Crippen MR) is 58.0 cm³/mol. The Bertz CT molecular complexity index is 523. The second-order valence-electron chi connectivity index (χ2n) is 3.22. The van der Waals surface area contributed by atoms with Gasteiger partial charge in [0.15, 0.2) is 23.0 Å². The Morgan fingerprint density at radius 2 is 1.40 bits per heavy atom. The molecule has 1 heterocycles. The summed E-state index contributed by atoms with van der Waals surface area (Å²) < 4.78 is 11.3. The summed E-state index contributed by atoms with van der Waals surface area (Å²) in [7, 11) is 0. The smallest absolute Gasteiger partial charge is 0.188 e. The zero-order chi connectivity index (χ0) is 10.3. The average molecular weight is 219 g/mol. The molecule has 0 N–H and O–H groups in total. The molecule has 0 amide bonds. The molecule has 1 aliphatic rings. The van der Waals surface area contributed by atoms with Crippen LogP contribution in [0.1, 0.15) is 0 Å². The monoisotopic (exact) mass is 218 g/mol. The van der Waals surface area contributed by atoms with Gasteiger partial charge in [-0.05, 0) is 24.3 Å². The largest absolute Gasteiger partial charge is 0.449 e. The fourth-order valence-electron chi connectivity index (χ4n) is 1.52. The van der Waals surface area contributed by atoms with Gasteiger partial charge in [0.05, 0.1) is 5.02 Å². The van der Waals surface area contributed by atoms with Crippen molar-refractivity contribution in [1.29, 1.82) is 0 Å². The van der Waals surface area contributed by atoms with Crippen molar-refractivity contribution < 1.29 is 9.47 Å². The van der Waals surface area contributed by atoms with E-state index in [-0.39, 0.29) is 0 Å². The van der Waals surface area contributed by atoms with Crippen LogP contribution in [0.5, 0.6) is 23.0 Å². The van der Waals surface area contributed by atoms with E-state index in [0.29, 0.717) is 28.0 Å². The van der Waals surface area contributed by atoms with E-state index >= 15 is 0 Å². The van der Waals surface area contributed by atoms with Crippen molar-refractivity contribution in [2.75, 3.05) is 0 Å². The van der Waals surface area contributed by atoms with Gasteiger partial charge in [-0.3, -0.25) is 0 Å². The highest BCUT2D eigenvalue weighted by Crippen LogP contribution is 2.47. The predicted octanol–water partition coefficient (Wildman–Crippen LogP) is 4.24.